The van der Waals surface area contributed by atoms with E-state index in [0.29, 0.717) is 22.3 Å². The molecule has 402 valence electrons. The van der Waals surface area contributed by atoms with Gasteiger partial charge in [0.25, 0.3) is 0 Å². The quantitative estimate of drug-likeness (QED) is 0.0970. The first kappa shape index (κ1) is 53.3. The lowest BCUT2D eigenvalue weighted by atomic mass is 9.82. The van der Waals surface area contributed by atoms with Crippen LogP contribution in [0.1, 0.15) is 33.4 Å². The van der Waals surface area contributed by atoms with Gasteiger partial charge in [-0.05, 0) is 72.8 Å². The Bertz CT molecular complexity index is 4280. The summed E-state index contributed by atoms with van der Waals surface area (Å²) in [5.41, 5.74) is -2.81. The first-order chi connectivity index (χ1) is 39.6. The van der Waals surface area contributed by atoms with Crippen LogP contribution >= 0.6 is 0 Å². The predicted octanol–water partition coefficient (Wildman–Crippen LogP) is 12.0. The number of aliphatic imine (C=N–C) groups is 4. The van der Waals surface area contributed by atoms with Crippen molar-refractivity contribution in [2.24, 2.45) is 20.0 Å². The van der Waals surface area contributed by atoms with Crippen molar-refractivity contribution < 1.29 is 33.7 Å². The molecular weight excluding hydrogens is 1110 g/mol. The van der Waals surface area contributed by atoms with E-state index < -0.39 is 70.3 Å². The van der Waals surface area contributed by atoms with Gasteiger partial charge in [0.15, 0.2) is 0 Å². The summed E-state index contributed by atoms with van der Waals surface area (Å²) in [7, 11) is -18.7. The Labute approximate surface area is 475 Å². The highest BCUT2D eigenvalue weighted by atomic mass is 32.2. The highest BCUT2D eigenvalue weighted by molar-refractivity contribution is 7.93. The van der Waals surface area contributed by atoms with Crippen molar-refractivity contribution in [2.45, 2.75) is 50.5 Å². The molecule has 0 spiro atoms. The van der Waals surface area contributed by atoms with Gasteiger partial charge in [0.1, 0.15) is 0 Å². The normalized spacial score (nSPS) is 15.0. The van der Waals surface area contributed by atoms with Gasteiger partial charge in [-0.1, -0.05) is 206 Å². The second kappa shape index (κ2) is 21.0. The van der Waals surface area contributed by atoms with Crippen molar-refractivity contribution in [1.82, 2.24) is 0 Å². The average Bonchev–Trinajstić information content (AvgIpc) is 1.63. The fourth-order valence-electron chi connectivity index (χ4n) is 10.3. The average molecular weight is 1150 g/mol. The summed E-state index contributed by atoms with van der Waals surface area (Å²) < 4.78 is 124. The Morgan fingerprint density at radius 1 is 0.220 bits per heavy atom. The first-order valence-corrected chi connectivity index (χ1v) is 31.7. The van der Waals surface area contributed by atoms with Crippen LogP contribution in [0.3, 0.4) is 0 Å². The molecule has 0 amide bonds. The largest absolute Gasteiger partial charge is 0.243 e. The lowest BCUT2D eigenvalue weighted by Gasteiger charge is -2.40. The van der Waals surface area contributed by atoms with Crippen LogP contribution in [-0.4, -0.2) is 56.5 Å². The summed E-state index contributed by atoms with van der Waals surface area (Å²) in [6, 6.07) is 73.6. The minimum atomic E-state index is -4.88. The van der Waals surface area contributed by atoms with Gasteiger partial charge in [-0.2, -0.15) is 0 Å². The van der Waals surface area contributed by atoms with Crippen LogP contribution in [0.4, 0.5) is 0 Å². The van der Waals surface area contributed by atoms with Gasteiger partial charge in [-0.25, -0.2) is 53.6 Å². The molecule has 0 saturated heterocycles. The van der Waals surface area contributed by atoms with E-state index in [4.69, 9.17) is 20.0 Å². The standard InChI is InChI=1S/C66H46N4O8S4/c71-79(72,51-33-17-5-18-34-51)55-41-43-57(59(45-55)81(75,76)53-37-21-7-22-38-53)65(67-61(47-25-9-1-10-26-47)62(68-65)48-27-11-2-12-28-48)66(69-63(49-29-13-3-14-30-49)64(70-66)50-31-15-4-16-32-50)58-44-42-56(80(73,74)52-35-19-6-20-36-52)46-60(58)82(77,78)54-39-23-8-24-40-54/h1-46H. The summed E-state index contributed by atoms with van der Waals surface area (Å²) in [6.07, 6.45) is 0. The molecule has 10 aromatic rings. The molecule has 2 aliphatic heterocycles. The van der Waals surface area contributed by atoms with E-state index in [9.17, 15) is 16.8 Å². The molecule has 0 saturated carbocycles. The molecule has 0 atom stereocenters. The lowest BCUT2D eigenvalue weighted by molar-refractivity contribution is 0.248. The number of hydrogen-bond acceptors (Lipinski definition) is 12. The summed E-state index contributed by atoms with van der Waals surface area (Å²) in [4.78, 5) is 20.2. The predicted molar refractivity (Wildman–Crippen MR) is 316 cm³/mol. The fraction of sp³-hybridized carbons (Fsp3) is 0.0303. The fourth-order valence-corrected chi connectivity index (χ4v) is 16.2. The smallest absolute Gasteiger partial charge is 0.227 e. The van der Waals surface area contributed by atoms with Crippen LogP contribution in [0, 0.1) is 0 Å². The number of rotatable bonds is 15. The van der Waals surface area contributed by atoms with E-state index in [2.05, 4.69) is 0 Å². The van der Waals surface area contributed by atoms with Crippen LogP contribution in [0.25, 0.3) is 0 Å². The number of hydrogen-bond donors (Lipinski definition) is 0. The molecule has 10 aromatic carbocycles. The number of sulfone groups is 4. The molecule has 0 N–H and O–H groups in total. The second-order valence-electron chi connectivity index (χ2n) is 19.2. The highest BCUT2D eigenvalue weighted by Gasteiger charge is 2.63. The molecule has 0 radical (unpaired) electrons. The Hall–Kier alpha value is -9.32. The molecular formula is C66H46N4O8S4. The summed E-state index contributed by atoms with van der Waals surface area (Å²) in [6.45, 7) is 0. The van der Waals surface area contributed by atoms with Gasteiger partial charge in [0.05, 0.1) is 62.0 Å². The van der Waals surface area contributed by atoms with E-state index in [-0.39, 0.29) is 53.6 Å². The molecule has 12 rings (SSSR count). The van der Waals surface area contributed by atoms with Crippen molar-refractivity contribution in [3.05, 3.63) is 312 Å². The van der Waals surface area contributed by atoms with Gasteiger partial charge < -0.3 is 0 Å². The maximum absolute atomic E-state index is 16.1. The van der Waals surface area contributed by atoms with Crippen molar-refractivity contribution in [2.75, 3.05) is 0 Å². The minimum Gasteiger partial charge on any atom is -0.243 e. The Kier molecular flexibility index (Phi) is 13.6. The van der Waals surface area contributed by atoms with Gasteiger partial charge in [-0.15, -0.1) is 0 Å². The van der Waals surface area contributed by atoms with Crippen molar-refractivity contribution in [3.63, 3.8) is 0 Å². The second-order valence-corrected chi connectivity index (χ2v) is 27.0. The highest BCUT2D eigenvalue weighted by Crippen LogP contribution is 2.58. The molecule has 16 heteroatoms. The number of benzene rings is 10. The summed E-state index contributed by atoms with van der Waals surface area (Å²) in [5, 5.41) is 0. The topological polar surface area (TPSA) is 186 Å². The number of nitrogens with zero attached hydrogens (tertiary/aromatic N) is 4. The Morgan fingerprint density at radius 2 is 0.427 bits per heavy atom. The van der Waals surface area contributed by atoms with E-state index in [1.807, 2.05) is 24.3 Å². The van der Waals surface area contributed by atoms with Crippen molar-refractivity contribution >= 4 is 62.2 Å². The molecule has 2 heterocycles. The third-order valence-corrected chi connectivity index (χ3v) is 21.4. The minimum absolute atomic E-state index is 0.113. The van der Waals surface area contributed by atoms with E-state index >= 15 is 16.8 Å². The van der Waals surface area contributed by atoms with Gasteiger partial charge in [0.2, 0.25) is 50.7 Å². The third-order valence-electron chi connectivity index (χ3n) is 14.3. The van der Waals surface area contributed by atoms with Crippen LogP contribution in [0.15, 0.2) is 338 Å². The SMILES string of the molecule is O=S(=O)(c1ccccc1)c1ccc(C2(C3(c4ccc(S(=O)(=O)c5ccccc5)cc4S(=O)(=O)c4ccccc4)N=C(c4ccccc4)C(c4ccccc4)=N3)N=C(c3ccccc3)C(c3ccccc3)=N2)c(S(=O)(=O)c2ccccc2)c1. The molecule has 12 nitrogen and oxygen atoms in total. The van der Waals surface area contributed by atoms with Gasteiger partial charge >= 0.3 is 0 Å². The van der Waals surface area contributed by atoms with Crippen LogP contribution in [-0.2, 0) is 50.7 Å². The van der Waals surface area contributed by atoms with E-state index in [1.54, 1.807) is 146 Å². The maximum atomic E-state index is 16.1. The molecule has 82 heavy (non-hydrogen) atoms. The zero-order chi connectivity index (χ0) is 56.7. The molecule has 0 bridgehead atoms. The van der Waals surface area contributed by atoms with Gasteiger partial charge in [0, 0.05) is 33.4 Å². The molecule has 0 unspecified atom stereocenters. The third kappa shape index (κ3) is 9.15. The monoisotopic (exact) mass is 1150 g/mol. The van der Waals surface area contributed by atoms with Crippen molar-refractivity contribution in [3.8, 4) is 0 Å². The first-order valence-electron chi connectivity index (χ1n) is 25.8. The summed E-state index contributed by atoms with van der Waals surface area (Å²) >= 11 is 0. The Morgan fingerprint density at radius 3 is 0.659 bits per heavy atom. The lowest BCUT2D eigenvalue weighted by Crippen LogP contribution is -2.45. The zero-order valence-electron chi connectivity index (χ0n) is 43.2. The van der Waals surface area contributed by atoms with Gasteiger partial charge in [-0.3, -0.25) is 0 Å². The Balaban J connectivity index is 1.33. The maximum Gasteiger partial charge on any atom is 0.227 e. The zero-order valence-corrected chi connectivity index (χ0v) is 46.5. The molecule has 0 aliphatic carbocycles. The van der Waals surface area contributed by atoms with Crippen LogP contribution < -0.4 is 0 Å². The molecule has 0 aromatic heterocycles. The van der Waals surface area contributed by atoms with Crippen LogP contribution in [0.2, 0.25) is 0 Å². The molecule has 2 aliphatic rings. The van der Waals surface area contributed by atoms with Crippen LogP contribution in [0.5, 0.6) is 0 Å². The van der Waals surface area contributed by atoms with Crippen molar-refractivity contribution in [1.29, 1.82) is 0 Å². The van der Waals surface area contributed by atoms with E-state index in [0.717, 1.165) is 12.1 Å². The van der Waals surface area contributed by atoms with E-state index in [1.165, 1.54) is 97.1 Å². The molecule has 0 fully saturated rings. The summed E-state index contributed by atoms with van der Waals surface area (Å²) in [5.74, 6) is 0.